The molecule has 0 aromatic heterocycles. The molecule has 2 bridgehead atoms. The molecule has 5 nitrogen and oxygen atoms in total. The van der Waals surface area contributed by atoms with E-state index >= 15 is 0 Å². The number of ether oxygens (including phenoxy) is 1. The van der Waals surface area contributed by atoms with Gasteiger partial charge in [-0.05, 0) is 53.6 Å². The zero-order valence-corrected chi connectivity index (χ0v) is 17.7. The lowest BCUT2D eigenvalue weighted by Gasteiger charge is -2.60. The van der Waals surface area contributed by atoms with Gasteiger partial charge in [0.05, 0.1) is 12.7 Å². The van der Waals surface area contributed by atoms with Crippen LogP contribution < -0.4 is 0 Å². The number of halogens is 1. The molecule has 6 heteroatoms. The lowest BCUT2D eigenvalue weighted by Crippen LogP contribution is -2.64. The van der Waals surface area contributed by atoms with E-state index in [-0.39, 0.29) is 39.7 Å². The highest BCUT2D eigenvalue weighted by molar-refractivity contribution is 5.98. The Kier molecular flexibility index (Phi) is 4.64. The molecule has 30 heavy (non-hydrogen) atoms. The van der Waals surface area contributed by atoms with Gasteiger partial charge in [-0.3, -0.25) is 4.79 Å². The molecule has 2 aromatic rings. The fraction of sp³-hybridized carbons (Fsp3) is 0.417. The van der Waals surface area contributed by atoms with Gasteiger partial charge in [0.15, 0.2) is 0 Å². The van der Waals surface area contributed by atoms with Crippen molar-refractivity contribution in [2.75, 3.05) is 13.7 Å². The van der Waals surface area contributed by atoms with Gasteiger partial charge < -0.3 is 14.7 Å². The normalized spacial score (nSPS) is 24.2. The average molecular weight is 411 g/mol. The van der Waals surface area contributed by atoms with Crippen LogP contribution in [0.2, 0.25) is 0 Å². The molecule has 1 amide bonds. The highest BCUT2D eigenvalue weighted by Crippen LogP contribution is 2.57. The SMILES string of the molecule is COC(=O)c1cc(F)cc(C(=O)N2CCC3(C)c4cccc(O)c4CC2C3(C)C)c1. The molecule has 2 unspecified atom stereocenters. The number of esters is 1. The number of carbonyl (C=O) groups is 2. The monoisotopic (exact) mass is 411 g/mol. The van der Waals surface area contributed by atoms with Crippen LogP contribution in [0.1, 0.15) is 59.0 Å². The topological polar surface area (TPSA) is 66.8 Å². The minimum atomic E-state index is -0.688. The van der Waals surface area contributed by atoms with Crippen molar-refractivity contribution in [1.29, 1.82) is 0 Å². The summed E-state index contributed by atoms with van der Waals surface area (Å²) in [7, 11) is 1.22. The number of hydrogen-bond acceptors (Lipinski definition) is 4. The Morgan fingerprint density at radius 3 is 2.57 bits per heavy atom. The molecule has 0 spiro atoms. The largest absolute Gasteiger partial charge is 0.508 e. The number of nitrogens with zero attached hydrogens (tertiary/aromatic N) is 1. The van der Waals surface area contributed by atoms with Crippen LogP contribution >= 0.6 is 0 Å². The lowest BCUT2D eigenvalue weighted by molar-refractivity contribution is -0.0266. The molecule has 1 fully saturated rings. The Bertz CT molecular complexity index is 1050. The number of aromatic hydroxyl groups is 1. The van der Waals surface area contributed by atoms with Crippen molar-refractivity contribution in [2.45, 2.75) is 45.1 Å². The summed E-state index contributed by atoms with van der Waals surface area (Å²) < 4.78 is 18.8. The maximum Gasteiger partial charge on any atom is 0.337 e. The third-order valence-electron chi connectivity index (χ3n) is 7.45. The summed E-state index contributed by atoms with van der Waals surface area (Å²) in [4.78, 5) is 27.1. The first kappa shape index (κ1) is 20.4. The first-order valence-corrected chi connectivity index (χ1v) is 10.1. The summed E-state index contributed by atoms with van der Waals surface area (Å²) in [5.74, 6) is -1.42. The summed E-state index contributed by atoms with van der Waals surface area (Å²) >= 11 is 0. The number of likely N-dealkylation sites (tertiary alicyclic amines) is 1. The van der Waals surface area contributed by atoms with Gasteiger partial charge in [-0.1, -0.05) is 32.9 Å². The van der Waals surface area contributed by atoms with E-state index < -0.39 is 11.8 Å². The van der Waals surface area contributed by atoms with Gasteiger partial charge in [-0.2, -0.15) is 0 Å². The van der Waals surface area contributed by atoms with E-state index in [2.05, 4.69) is 31.6 Å². The number of phenols is 1. The number of phenolic OH excluding ortho intramolecular Hbond substituents is 1. The fourth-order valence-electron chi connectivity index (χ4n) is 5.28. The Labute approximate surface area is 175 Å². The molecule has 1 heterocycles. The van der Waals surface area contributed by atoms with Crippen LogP contribution in [0.15, 0.2) is 36.4 Å². The van der Waals surface area contributed by atoms with Gasteiger partial charge >= 0.3 is 5.97 Å². The molecule has 1 aliphatic heterocycles. The van der Waals surface area contributed by atoms with Crippen LogP contribution in [0.25, 0.3) is 0 Å². The summed E-state index contributed by atoms with van der Waals surface area (Å²) in [6, 6.07) is 9.05. The van der Waals surface area contributed by atoms with Crippen molar-refractivity contribution in [2.24, 2.45) is 5.41 Å². The van der Waals surface area contributed by atoms with Crippen LogP contribution in [-0.4, -0.2) is 41.6 Å². The lowest BCUT2D eigenvalue weighted by atomic mass is 9.51. The minimum Gasteiger partial charge on any atom is -0.508 e. The molecular formula is C24H26FNO4. The molecule has 1 saturated heterocycles. The molecule has 2 aliphatic rings. The van der Waals surface area contributed by atoms with E-state index in [9.17, 15) is 19.1 Å². The number of amides is 1. The number of benzene rings is 2. The average Bonchev–Trinajstić information content (AvgIpc) is 2.69. The standard InChI is InChI=1S/C24H26FNO4/c1-23(2)20-13-17-18(6-5-7-19(17)27)24(23,3)8-9-26(20)21(28)14-10-15(22(29)30-4)12-16(25)11-14/h5-7,10-12,20,27H,8-9,13H2,1-4H3. The van der Waals surface area contributed by atoms with Crippen LogP contribution in [0.3, 0.4) is 0 Å². The van der Waals surface area contributed by atoms with Crippen LogP contribution in [0, 0.1) is 11.2 Å². The van der Waals surface area contributed by atoms with Crippen LogP contribution in [0.4, 0.5) is 4.39 Å². The second-order valence-electron chi connectivity index (χ2n) is 9.05. The van der Waals surface area contributed by atoms with Crippen molar-refractivity contribution in [3.8, 4) is 5.75 Å². The van der Waals surface area contributed by atoms with E-state index in [1.807, 2.05) is 6.07 Å². The fourth-order valence-corrected chi connectivity index (χ4v) is 5.28. The number of piperidine rings is 1. The van der Waals surface area contributed by atoms with Crippen LogP contribution in [-0.2, 0) is 16.6 Å². The summed E-state index contributed by atoms with van der Waals surface area (Å²) in [5.41, 5.74) is 1.66. The molecule has 0 radical (unpaired) electrons. The van der Waals surface area contributed by atoms with Gasteiger partial charge in [0.25, 0.3) is 5.91 Å². The number of carbonyl (C=O) groups excluding carboxylic acids is 2. The second-order valence-corrected chi connectivity index (χ2v) is 9.05. The number of hydrogen-bond donors (Lipinski definition) is 1. The third kappa shape index (κ3) is 2.81. The highest BCUT2D eigenvalue weighted by Gasteiger charge is 2.57. The van der Waals surface area contributed by atoms with E-state index in [0.29, 0.717) is 13.0 Å². The van der Waals surface area contributed by atoms with Gasteiger partial charge in [0, 0.05) is 23.6 Å². The Hall–Kier alpha value is -2.89. The molecular weight excluding hydrogens is 385 g/mol. The van der Waals surface area contributed by atoms with Crippen molar-refractivity contribution < 1.29 is 23.8 Å². The predicted molar refractivity (Wildman–Crippen MR) is 110 cm³/mol. The maximum absolute atomic E-state index is 14.2. The molecule has 0 saturated carbocycles. The van der Waals surface area contributed by atoms with Gasteiger partial charge in [-0.25, -0.2) is 9.18 Å². The van der Waals surface area contributed by atoms with Crippen molar-refractivity contribution >= 4 is 11.9 Å². The maximum atomic E-state index is 14.2. The molecule has 4 rings (SSSR count). The number of rotatable bonds is 2. The Morgan fingerprint density at radius 1 is 1.17 bits per heavy atom. The summed E-state index contributed by atoms with van der Waals surface area (Å²) in [5, 5.41) is 10.5. The van der Waals surface area contributed by atoms with Gasteiger partial charge in [0.2, 0.25) is 0 Å². The zero-order valence-electron chi connectivity index (χ0n) is 17.7. The molecule has 2 atom stereocenters. The van der Waals surface area contributed by atoms with Gasteiger partial charge in [-0.15, -0.1) is 0 Å². The van der Waals surface area contributed by atoms with E-state index in [1.165, 1.54) is 13.2 Å². The van der Waals surface area contributed by atoms with E-state index in [0.717, 1.165) is 29.7 Å². The Morgan fingerprint density at radius 2 is 1.87 bits per heavy atom. The molecule has 2 aromatic carbocycles. The van der Waals surface area contributed by atoms with E-state index in [4.69, 9.17) is 0 Å². The first-order valence-electron chi connectivity index (χ1n) is 10.1. The minimum absolute atomic E-state index is 0.00796. The number of methoxy groups -OCH3 is 1. The predicted octanol–water partition coefficient (Wildman–Crippen LogP) is 4.07. The highest BCUT2D eigenvalue weighted by atomic mass is 19.1. The zero-order chi connectivity index (χ0) is 21.8. The molecule has 158 valence electrons. The van der Waals surface area contributed by atoms with E-state index in [1.54, 1.807) is 11.0 Å². The second kappa shape index (κ2) is 6.83. The smallest absolute Gasteiger partial charge is 0.337 e. The summed E-state index contributed by atoms with van der Waals surface area (Å²) in [6.45, 7) is 7.00. The third-order valence-corrected chi connectivity index (χ3v) is 7.45. The summed E-state index contributed by atoms with van der Waals surface area (Å²) in [6.07, 6.45) is 1.24. The quantitative estimate of drug-likeness (QED) is 0.757. The molecule has 1 aliphatic carbocycles. The van der Waals surface area contributed by atoms with Crippen molar-refractivity contribution in [1.82, 2.24) is 4.90 Å². The molecule has 1 N–H and O–H groups in total. The van der Waals surface area contributed by atoms with Gasteiger partial charge in [0.1, 0.15) is 11.6 Å². The van der Waals surface area contributed by atoms with Crippen LogP contribution in [0.5, 0.6) is 5.75 Å². The van der Waals surface area contributed by atoms with Crippen molar-refractivity contribution in [3.63, 3.8) is 0 Å². The van der Waals surface area contributed by atoms with Crippen molar-refractivity contribution in [3.05, 3.63) is 64.5 Å². The first-order chi connectivity index (χ1) is 14.1. The number of fused-ring (bicyclic) bond motifs is 4. The Balaban J connectivity index is 1.77.